The molecule has 4 N–H and O–H groups in total. The van der Waals surface area contributed by atoms with E-state index < -0.39 is 47.6 Å². The monoisotopic (exact) mass is 417 g/mol. The van der Waals surface area contributed by atoms with E-state index in [-0.39, 0.29) is 26.2 Å². The summed E-state index contributed by atoms with van der Waals surface area (Å²) < 4.78 is 16.0. The van der Waals surface area contributed by atoms with Crippen LogP contribution in [0.5, 0.6) is 0 Å². The average Bonchev–Trinajstić information content (AvgIpc) is 3.01. The Balaban J connectivity index is 2.73. The van der Waals surface area contributed by atoms with Gasteiger partial charge in [-0.25, -0.2) is 0 Å². The van der Waals surface area contributed by atoms with E-state index in [1.54, 1.807) is 20.8 Å². The lowest BCUT2D eigenvalue weighted by Crippen LogP contribution is -2.57. The number of nitrogens with two attached hydrogens (primary N) is 1. The number of nitrogens with zero attached hydrogens (tertiary/aromatic N) is 1. The number of carbonyl (C=O) groups is 3. The molecular formula is C19H35N3O7. The third kappa shape index (κ3) is 7.88. The molecule has 0 aromatic rings. The summed E-state index contributed by atoms with van der Waals surface area (Å²) in [6.07, 6.45) is -1.31. The molecule has 3 atom stereocenters. The predicted octanol–water partition coefficient (Wildman–Crippen LogP) is -0.620. The zero-order valence-electron chi connectivity index (χ0n) is 18.0. The molecule has 0 unspecified atom stereocenters. The predicted molar refractivity (Wildman–Crippen MR) is 105 cm³/mol. The number of carbonyl (C=O) groups excluding carboxylic acids is 3. The van der Waals surface area contributed by atoms with E-state index in [1.807, 2.05) is 13.8 Å². The van der Waals surface area contributed by atoms with Gasteiger partial charge in [0.05, 0.1) is 12.7 Å². The molecule has 0 aromatic heterocycles. The molecule has 1 rings (SSSR count). The van der Waals surface area contributed by atoms with Crippen LogP contribution in [0.15, 0.2) is 0 Å². The van der Waals surface area contributed by atoms with Crippen LogP contribution in [0.4, 0.5) is 0 Å². The van der Waals surface area contributed by atoms with E-state index in [0.29, 0.717) is 13.2 Å². The van der Waals surface area contributed by atoms with Crippen LogP contribution >= 0.6 is 0 Å². The normalized spacial score (nSPS) is 20.7. The Kier molecular flexibility index (Phi) is 9.97. The number of aliphatic hydroxyl groups excluding tert-OH is 1. The highest BCUT2D eigenvalue weighted by molar-refractivity contribution is 5.92. The van der Waals surface area contributed by atoms with E-state index >= 15 is 0 Å². The number of likely N-dealkylation sites (tertiary alicyclic amines) is 1. The van der Waals surface area contributed by atoms with Crippen molar-refractivity contribution < 1.29 is 33.7 Å². The van der Waals surface area contributed by atoms with Crippen molar-refractivity contribution in [3.8, 4) is 0 Å². The van der Waals surface area contributed by atoms with Crippen molar-refractivity contribution in [2.45, 2.75) is 65.5 Å². The van der Waals surface area contributed by atoms with Crippen LogP contribution < -0.4 is 11.1 Å². The molecule has 0 saturated carbocycles. The second-order valence-corrected chi connectivity index (χ2v) is 8.02. The van der Waals surface area contributed by atoms with Gasteiger partial charge in [-0.1, -0.05) is 20.8 Å². The van der Waals surface area contributed by atoms with Gasteiger partial charge in [0.2, 0.25) is 17.7 Å². The summed E-state index contributed by atoms with van der Waals surface area (Å²) in [6.45, 7) is 9.72. The smallest absolute Gasteiger partial charge is 0.246 e. The van der Waals surface area contributed by atoms with Crippen LogP contribution in [0, 0.1) is 5.41 Å². The van der Waals surface area contributed by atoms with Gasteiger partial charge in [0.15, 0.2) is 6.29 Å². The fourth-order valence-corrected chi connectivity index (χ4v) is 3.11. The first kappa shape index (κ1) is 25.3. The Morgan fingerprint density at radius 2 is 1.79 bits per heavy atom. The summed E-state index contributed by atoms with van der Waals surface area (Å²) in [7, 11) is 0. The van der Waals surface area contributed by atoms with Gasteiger partial charge in [0, 0.05) is 26.2 Å². The number of aliphatic hydroxyl groups is 1. The molecule has 1 aliphatic rings. The van der Waals surface area contributed by atoms with Crippen molar-refractivity contribution in [1.29, 1.82) is 0 Å². The summed E-state index contributed by atoms with van der Waals surface area (Å²) in [5.74, 6) is -1.64. The summed E-state index contributed by atoms with van der Waals surface area (Å²) in [4.78, 5) is 38.3. The Morgan fingerprint density at radius 1 is 1.21 bits per heavy atom. The number of rotatable bonds is 11. The van der Waals surface area contributed by atoms with E-state index in [9.17, 15) is 19.5 Å². The molecule has 29 heavy (non-hydrogen) atoms. The maximum Gasteiger partial charge on any atom is 0.246 e. The van der Waals surface area contributed by atoms with E-state index in [2.05, 4.69) is 5.32 Å². The molecule has 0 aromatic carbocycles. The number of amides is 3. The minimum absolute atomic E-state index is 0.00418. The first-order valence-electron chi connectivity index (χ1n) is 9.89. The molecule has 10 heteroatoms. The van der Waals surface area contributed by atoms with Crippen molar-refractivity contribution in [1.82, 2.24) is 10.2 Å². The van der Waals surface area contributed by atoms with Crippen molar-refractivity contribution in [2.24, 2.45) is 11.1 Å². The van der Waals surface area contributed by atoms with Crippen molar-refractivity contribution >= 4 is 17.7 Å². The molecule has 1 saturated heterocycles. The quantitative estimate of drug-likeness (QED) is 0.381. The lowest BCUT2D eigenvalue weighted by molar-refractivity contribution is -0.169. The van der Waals surface area contributed by atoms with Crippen LogP contribution in [-0.2, 0) is 28.6 Å². The highest BCUT2D eigenvalue weighted by Gasteiger charge is 2.43. The van der Waals surface area contributed by atoms with Crippen molar-refractivity contribution in [3.05, 3.63) is 0 Å². The first-order valence-corrected chi connectivity index (χ1v) is 9.89. The van der Waals surface area contributed by atoms with Gasteiger partial charge >= 0.3 is 0 Å². The molecule has 1 heterocycles. The molecule has 10 nitrogen and oxygen atoms in total. The highest BCUT2D eigenvalue weighted by Crippen LogP contribution is 2.25. The van der Waals surface area contributed by atoms with Crippen LogP contribution in [0.3, 0.4) is 0 Å². The largest absolute Gasteiger partial charge is 0.391 e. The van der Waals surface area contributed by atoms with Gasteiger partial charge in [0.1, 0.15) is 18.7 Å². The van der Waals surface area contributed by atoms with Crippen LogP contribution in [0.2, 0.25) is 0 Å². The molecular weight excluding hydrogens is 382 g/mol. The molecule has 168 valence electrons. The summed E-state index contributed by atoms with van der Waals surface area (Å²) in [6, 6.07) is -1.81. The summed E-state index contributed by atoms with van der Waals surface area (Å²) in [5.41, 5.74) is 4.73. The SMILES string of the molecule is CCOC(COCC(=O)N[C@H](C(=O)N1C[C@H](O)C[C@H]1C(N)=O)C(C)(C)C)OCC. The first-order chi connectivity index (χ1) is 13.5. The zero-order valence-corrected chi connectivity index (χ0v) is 18.0. The van der Waals surface area contributed by atoms with Gasteiger partial charge in [0.25, 0.3) is 0 Å². The fraction of sp³-hybridized carbons (Fsp3) is 0.842. The van der Waals surface area contributed by atoms with Crippen LogP contribution in [0.1, 0.15) is 41.0 Å². The third-order valence-electron chi connectivity index (χ3n) is 4.50. The van der Waals surface area contributed by atoms with Crippen LogP contribution in [-0.4, -0.2) is 85.2 Å². The molecule has 0 bridgehead atoms. The van der Waals surface area contributed by atoms with Crippen molar-refractivity contribution in [2.75, 3.05) is 33.0 Å². The lowest BCUT2D eigenvalue weighted by atomic mass is 9.85. The molecule has 1 aliphatic heterocycles. The van der Waals surface area contributed by atoms with Gasteiger partial charge in [-0.3, -0.25) is 14.4 Å². The Morgan fingerprint density at radius 3 is 2.28 bits per heavy atom. The number of β-amino-alcohol motifs (C(OH)–C–C–N with tert-alkyl or cyclic N) is 1. The maximum atomic E-state index is 13.1. The standard InChI is InChI=1S/C19H35N3O7/c1-6-28-15(29-7-2)11-27-10-14(24)21-16(19(3,4)5)18(26)22-9-12(23)8-13(22)17(20)25/h12-13,15-16,23H,6-11H2,1-5H3,(H2,20,25)(H,21,24)/t12-,13+,16-/m1/s1. The number of hydrogen-bond donors (Lipinski definition) is 3. The van der Waals surface area contributed by atoms with E-state index in [4.69, 9.17) is 19.9 Å². The third-order valence-corrected chi connectivity index (χ3v) is 4.50. The molecule has 3 amide bonds. The van der Waals surface area contributed by atoms with Gasteiger partial charge in [-0.05, 0) is 19.3 Å². The highest BCUT2D eigenvalue weighted by atomic mass is 16.7. The topological polar surface area (TPSA) is 140 Å². The number of primary amides is 1. The molecule has 1 fully saturated rings. The Hall–Kier alpha value is -1.75. The second kappa shape index (κ2) is 11.4. The molecule has 0 radical (unpaired) electrons. The zero-order chi connectivity index (χ0) is 22.2. The van der Waals surface area contributed by atoms with E-state index in [1.165, 1.54) is 4.90 Å². The molecule has 0 aliphatic carbocycles. The van der Waals surface area contributed by atoms with Crippen LogP contribution in [0.25, 0.3) is 0 Å². The Labute approximate surface area is 172 Å². The second-order valence-electron chi connectivity index (χ2n) is 8.02. The minimum Gasteiger partial charge on any atom is -0.391 e. The Bertz CT molecular complexity index is 558. The summed E-state index contributed by atoms with van der Waals surface area (Å²) >= 11 is 0. The number of ether oxygens (including phenoxy) is 3. The number of nitrogens with one attached hydrogen (secondary N) is 1. The molecule has 0 spiro atoms. The summed E-state index contributed by atoms with van der Waals surface area (Å²) in [5, 5.41) is 12.5. The fourth-order valence-electron chi connectivity index (χ4n) is 3.11. The van der Waals surface area contributed by atoms with E-state index in [0.717, 1.165) is 0 Å². The van der Waals surface area contributed by atoms with Crippen molar-refractivity contribution in [3.63, 3.8) is 0 Å². The van der Waals surface area contributed by atoms with Gasteiger partial charge < -0.3 is 35.3 Å². The minimum atomic E-state index is -0.916. The average molecular weight is 418 g/mol. The van der Waals surface area contributed by atoms with Gasteiger partial charge in [-0.15, -0.1) is 0 Å². The maximum absolute atomic E-state index is 13.1. The number of hydrogen-bond acceptors (Lipinski definition) is 7. The van der Waals surface area contributed by atoms with Gasteiger partial charge in [-0.2, -0.15) is 0 Å². The lowest BCUT2D eigenvalue weighted by Gasteiger charge is -2.35.